The van der Waals surface area contributed by atoms with E-state index in [2.05, 4.69) is 15.9 Å². The molecule has 1 aromatic rings. The minimum atomic E-state index is -4.44. The molecule has 0 aliphatic heterocycles. The summed E-state index contributed by atoms with van der Waals surface area (Å²) in [5.74, 6) is 0.307. The second-order valence-corrected chi connectivity index (χ2v) is 5.43. The fourth-order valence-electron chi connectivity index (χ4n) is 1.55. The van der Waals surface area contributed by atoms with E-state index in [1.54, 1.807) is 13.8 Å². The fourth-order valence-corrected chi connectivity index (χ4v) is 2.17. The number of hydrogen-bond donors (Lipinski definition) is 1. The van der Waals surface area contributed by atoms with Crippen LogP contribution in [0.2, 0.25) is 0 Å². The van der Waals surface area contributed by atoms with Crippen LogP contribution in [0, 0.1) is 0 Å². The molecule has 1 N–H and O–H groups in total. The van der Waals surface area contributed by atoms with E-state index in [1.165, 1.54) is 7.11 Å². The summed E-state index contributed by atoms with van der Waals surface area (Å²) in [6.45, 7) is 3.02. The molecule has 0 aliphatic carbocycles. The first kappa shape index (κ1) is 15.3. The van der Waals surface area contributed by atoms with Crippen molar-refractivity contribution >= 4 is 15.9 Å². The smallest absolute Gasteiger partial charge is 0.416 e. The number of rotatable bonds is 3. The Bertz CT molecular complexity index is 442. The van der Waals surface area contributed by atoms with E-state index in [0.29, 0.717) is 11.3 Å². The Balaban J connectivity index is 3.52. The molecule has 0 atom stereocenters. The number of ether oxygens (including phenoxy) is 1. The van der Waals surface area contributed by atoms with Crippen LogP contribution in [0.5, 0.6) is 5.75 Å². The molecule has 2 nitrogen and oxygen atoms in total. The molecule has 0 saturated carbocycles. The Hall–Kier alpha value is -0.750. The van der Waals surface area contributed by atoms with Crippen molar-refractivity contribution in [2.45, 2.75) is 25.4 Å². The van der Waals surface area contributed by atoms with Crippen LogP contribution in [-0.2, 0) is 11.6 Å². The maximum absolute atomic E-state index is 12.8. The summed E-state index contributed by atoms with van der Waals surface area (Å²) in [5.41, 5.74) is -1.28. The lowest BCUT2D eigenvalue weighted by molar-refractivity contribution is -0.137. The molecule has 1 rings (SSSR count). The van der Waals surface area contributed by atoms with E-state index >= 15 is 0 Å². The van der Waals surface area contributed by atoms with Crippen molar-refractivity contribution in [3.8, 4) is 5.75 Å². The lowest BCUT2D eigenvalue weighted by Gasteiger charge is -2.26. The summed E-state index contributed by atoms with van der Waals surface area (Å²) < 4.78 is 43.6. The molecule has 6 heteroatoms. The Morgan fingerprint density at radius 1 is 1.28 bits per heavy atom. The monoisotopic (exact) mass is 326 g/mol. The van der Waals surface area contributed by atoms with E-state index in [0.717, 1.165) is 12.1 Å². The van der Waals surface area contributed by atoms with Crippen LogP contribution in [-0.4, -0.2) is 18.8 Å². The molecular formula is C12H14BrF3O2. The van der Waals surface area contributed by atoms with Gasteiger partial charge in [0.25, 0.3) is 0 Å². The average Bonchev–Trinajstić information content (AvgIpc) is 2.26. The number of aliphatic hydroxyl groups excluding tert-OH is 1. The molecule has 0 fully saturated rings. The van der Waals surface area contributed by atoms with Crippen LogP contribution in [0.3, 0.4) is 0 Å². The van der Waals surface area contributed by atoms with Gasteiger partial charge in [-0.2, -0.15) is 13.2 Å². The van der Waals surface area contributed by atoms with Gasteiger partial charge in [0.2, 0.25) is 0 Å². The maximum atomic E-state index is 12.8. The summed E-state index contributed by atoms with van der Waals surface area (Å²) in [5, 5.41) is 9.30. The summed E-state index contributed by atoms with van der Waals surface area (Å²) >= 11 is 3.07. The molecule has 0 bridgehead atoms. The minimum Gasteiger partial charge on any atom is -0.495 e. The molecule has 0 radical (unpaired) electrons. The molecule has 0 aliphatic rings. The molecule has 0 heterocycles. The summed E-state index contributed by atoms with van der Waals surface area (Å²) in [6.07, 6.45) is -4.44. The van der Waals surface area contributed by atoms with Crippen LogP contribution in [0.1, 0.15) is 25.0 Å². The first-order valence-corrected chi connectivity index (χ1v) is 5.99. The van der Waals surface area contributed by atoms with Gasteiger partial charge >= 0.3 is 6.18 Å². The van der Waals surface area contributed by atoms with E-state index in [-0.39, 0.29) is 11.1 Å². The van der Waals surface area contributed by atoms with Crippen LogP contribution in [0.15, 0.2) is 16.6 Å². The van der Waals surface area contributed by atoms with Gasteiger partial charge in [-0.1, -0.05) is 13.8 Å². The Kier molecular flexibility index (Phi) is 4.33. The van der Waals surface area contributed by atoms with E-state index in [1.807, 2.05) is 0 Å². The number of halogens is 4. The highest BCUT2D eigenvalue weighted by atomic mass is 79.9. The van der Waals surface area contributed by atoms with Crippen LogP contribution < -0.4 is 4.74 Å². The normalized spacial score (nSPS) is 12.7. The van der Waals surface area contributed by atoms with Crippen molar-refractivity contribution in [3.63, 3.8) is 0 Å². The minimum absolute atomic E-state index is 0.219. The summed E-state index contributed by atoms with van der Waals surface area (Å²) in [4.78, 5) is 0. The lowest BCUT2D eigenvalue weighted by Crippen LogP contribution is -2.24. The van der Waals surface area contributed by atoms with Crippen molar-refractivity contribution in [2.24, 2.45) is 0 Å². The van der Waals surface area contributed by atoms with Gasteiger partial charge in [0.15, 0.2) is 0 Å². The van der Waals surface area contributed by atoms with Crippen molar-refractivity contribution < 1.29 is 23.0 Å². The maximum Gasteiger partial charge on any atom is 0.416 e. The zero-order valence-corrected chi connectivity index (χ0v) is 11.8. The second kappa shape index (κ2) is 5.09. The Morgan fingerprint density at radius 3 is 2.22 bits per heavy atom. The number of alkyl halides is 3. The highest BCUT2D eigenvalue weighted by Gasteiger charge is 2.35. The lowest BCUT2D eigenvalue weighted by atomic mass is 9.84. The predicted molar refractivity (Wildman–Crippen MR) is 65.8 cm³/mol. The molecule has 102 valence electrons. The van der Waals surface area contributed by atoms with Gasteiger partial charge in [0, 0.05) is 11.0 Å². The van der Waals surface area contributed by atoms with Crippen LogP contribution in [0.4, 0.5) is 13.2 Å². The van der Waals surface area contributed by atoms with Crippen molar-refractivity contribution in [1.29, 1.82) is 0 Å². The molecule has 0 saturated heterocycles. The van der Waals surface area contributed by atoms with E-state index in [4.69, 9.17) is 4.74 Å². The number of hydrogen-bond acceptors (Lipinski definition) is 2. The molecular weight excluding hydrogens is 313 g/mol. The Labute approximate surface area is 112 Å². The fraction of sp³-hybridized carbons (Fsp3) is 0.500. The first-order chi connectivity index (χ1) is 8.13. The van der Waals surface area contributed by atoms with Gasteiger partial charge in [0.1, 0.15) is 5.75 Å². The third kappa shape index (κ3) is 2.98. The van der Waals surface area contributed by atoms with Crippen molar-refractivity contribution in [1.82, 2.24) is 0 Å². The first-order valence-electron chi connectivity index (χ1n) is 5.19. The molecule has 0 amide bonds. The van der Waals surface area contributed by atoms with Gasteiger partial charge < -0.3 is 9.84 Å². The van der Waals surface area contributed by atoms with Crippen molar-refractivity contribution in [2.75, 3.05) is 13.7 Å². The number of benzene rings is 1. The SMILES string of the molecule is COc1c(Br)cc(C(F)(F)F)cc1C(C)(C)CO. The van der Waals surface area contributed by atoms with Gasteiger partial charge in [-0.3, -0.25) is 0 Å². The van der Waals surface area contributed by atoms with Crippen LogP contribution >= 0.6 is 15.9 Å². The summed E-state index contributed by atoms with van der Waals surface area (Å²) in [7, 11) is 1.38. The molecule has 0 aromatic heterocycles. The third-order valence-electron chi connectivity index (χ3n) is 2.70. The van der Waals surface area contributed by atoms with E-state index < -0.39 is 17.2 Å². The average molecular weight is 327 g/mol. The summed E-state index contributed by atoms with van der Waals surface area (Å²) in [6, 6.07) is 1.98. The molecule has 1 aromatic carbocycles. The highest BCUT2D eigenvalue weighted by molar-refractivity contribution is 9.10. The molecule has 0 spiro atoms. The van der Waals surface area contributed by atoms with Gasteiger partial charge in [-0.05, 0) is 28.1 Å². The topological polar surface area (TPSA) is 29.5 Å². The standard InChI is InChI=1S/C12H14BrF3O2/c1-11(2,6-17)8-4-7(12(14,15)16)5-9(13)10(8)18-3/h4-5,17H,6H2,1-3H3. The number of methoxy groups -OCH3 is 1. The second-order valence-electron chi connectivity index (χ2n) is 4.58. The Morgan fingerprint density at radius 2 is 1.83 bits per heavy atom. The highest BCUT2D eigenvalue weighted by Crippen LogP contribution is 2.42. The van der Waals surface area contributed by atoms with Gasteiger partial charge in [0.05, 0.1) is 23.8 Å². The van der Waals surface area contributed by atoms with Crippen LogP contribution in [0.25, 0.3) is 0 Å². The van der Waals surface area contributed by atoms with Gasteiger partial charge in [-0.25, -0.2) is 0 Å². The predicted octanol–water partition coefficient (Wildman–Crippen LogP) is 3.75. The number of aliphatic hydroxyl groups is 1. The zero-order valence-electron chi connectivity index (χ0n) is 10.2. The third-order valence-corrected chi connectivity index (χ3v) is 3.29. The molecule has 18 heavy (non-hydrogen) atoms. The zero-order chi connectivity index (χ0) is 14.1. The van der Waals surface area contributed by atoms with E-state index in [9.17, 15) is 18.3 Å². The molecule has 0 unspecified atom stereocenters. The quantitative estimate of drug-likeness (QED) is 0.916. The van der Waals surface area contributed by atoms with Gasteiger partial charge in [-0.15, -0.1) is 0 Å². The van der Waals surface area contributed by atoms with Crippen molar-refractivity contribution in [3.05, 3.63) is 27.7 Å². The largest absolute Gasteiger partial charge is 0.495 e.